The minimum absolute atomic E-state index is 0.314. The van der Waals surface area contributed by atoms with Gasteiger partial charge in [0.25, 0.3) is 0 Å². The third kappa shape index (κ3) is 3.78. The van der Waals surface area contributed by atoms with Crippen LogP contribution in [0.3, 0.4) is 0 Å². The number of rotatable bonds is 6. The van der Waals surface area contributed by atoms with Crippen LogP contribution in [0.15, 0.2) is 48.8 Å². The lowest BCUT2D eigenvalue weighted by molar-refractivity contribution is 0.201. The van der Waals surface area contributed by atoms with Gasteiger partial charge in [-0.2, -0.15) is 0 Å². The first-order chi connectivity index (χ1) is 11.8. The van der Waals surface area contributed by atoms with Gasteiger partial charge in [0, 0.05) is 12.4 Å². The van der Waals surface area contributed by atoms with Gasteiger partial charge in [-0.15, -0.1) is 0 Å². The van der Waals surface area contributed by atoms with E-state index in [1.807, 2.05) is 30.6 Å². The standard InChI is InChI=1S/C21H25NO2/c1-3-6-19(16-11-13-22-14-12-16)17-9-10-20(23-2)21(15-17)24-18-7-4-5-8-18/h6,9-15,18H,3-5,7-8H2,1-2H3. The number of hydrogen-bond donors (Lipinski definition) is 0. The molecule has 1 aliphatic carbocycles. The van der Waals surface area contributed by atoms with Crippen LogP contribution in [0.5, 0.6) is 11.5 Å². The summed E-state index contributed by atoms with van der Waals surface area (Å²) >= 11 is 0. The Morgan fingerprint density at radius 1 is 1.08 bits per heavy atom. The molecule has 0 radical (unpaired) electrons. The van der Waals surface area contributed by atoms with Gasteiger partial charge in [0.15, 0.2) is 11.5 Å². The van der Waals surface area contributed by atoms with E-state index < -0.39 is 0 Å². The van der Waals surface area contributed by atoms with Gasteiger partial charge in [0.05, 0.1) is 13.2 Å². The molecule has 1 fully saturated rings. The molecule has 0 aliphatic heterocycles. The van der Waals surface area contributed by atoms with E-state index in [0.29, 0.717) is 6.10 Å². The van der Waals surface area contributed by atoms with Crippen molar-refractivity contribution in [2.75, 3.05) is 7.11 Å². The van der Waals surface area contributed by atoms with Crippen LogP contribution in [-0.2, 0) is 0 Å². The molecule has 1 aromatic heterocycles. The molecule has 126 valence electrons. The molecule has 0 amide bonds. The summed E-state index contributed by atoms with van der Waals surface area (Å²) in [6.45, 7) is 2.15. The molecule has 1 aromatic carbocycles. The quantitative estimate of drug-likeness (QED) is 0.727. The van der Waals surface area contributed by atoms with E-state index in [2.05, 4.69) is 30.1 Å². The van der Waals surface area contributed by atoms with Crippen LogP contribution >= 0.6 is 0 Å². The molecular weight excluding hydrogens is 298 g/mol. The molecule has 1 saturated carbocycles. The molecule has 1 aliphatic rings. The van der Waals surface area contributed by atoms with Gasteiger partial charge in [-0.25, -0.2) is 0 Å². The minimum atomic E-state index is 0.314. The largest absolute Gasteiger partial charge is 0.493 e. The zero-order chi connectivity index (χ0) is 16.8. The average Bonchev–Trinajstić information content (AvgIpc) is 3.13. The average molecular weight is 323 g/mol. The fraction of sp³-hybridized carbons (Fsp3) is 0.381. The maximum Gasteiger partial charge on any atom is 0.162 e. The number of ether oxygens (including phenoxy) is 2. The van der Waals surface area contributed by atoms with E-state index in [1.54, 1.807) is 7.11 Å². The summed E-state index contributed by atoms with van der Waals surface area (Å²) in [5.74, 6) is 1.65. The molecule has 0 unspecified atom stereocenters. The smallest absolute Gasteiger partial charge is 0.162 e. The third-order valence-corrected chi connectivity index (χ3v) is 4.47. The van der Waals surface area contributed by atoms with E-state index in [4.69, 9.17) is 9.47 Å². The number of allylic oxidation sites excluding steroid dienone is 1. The lowest BCUT2D eigenvalue weighted by atomic mass is 9.97. The fourth-order valence-corrected chi connectivity index (χ4v) is 3.26. The highest BCUT2D eigenvalue weighted by molar-refractivity contribution is 5.80. The second-order valence-electron chi connectivity index (χ2n) is 6.15. The van der Waals surface area contributed by atoms with Gasteiger partial charge in [-0.05, 0) is 73.1 Å². The Bertz CT molecular complexity index is 688. The van der Waals surface area contributed by atoms with Gasteiger partial charge in [0.1, 0.15) is 0 Å². The summed E-state index contributed by atoms with van der Waals surface area (Å²) in [5.41, 5.74) is 3.53. The van der Waals surface area contributed by atoms with E-state index in [1.165, 1.54) is 24.0 Å². The molecule has 0 saturated heterocycles. The number of pyridine rings is 1. The van der Waals surface area contributed by atoms with Gasteiger partial charge in [0.2, 0.25) is 0 Å². The first-order valence-electron chi connectivity index (χ1n) is 8.77. The number of nitrogens with zero attached hydrogens (tertiary/aromatic N) is 1. The number of methoxy groups -OCH3 is 1. The normalized spacial score (nSPS) is 15.5. The van der Waals surface area contributed by atoms with Crippen molar-refractivity contribution in [3.8, 4) is 11.5 Å². The fourth-order valence-electron chi connectivity index (χ4n) is 3.26. The monoisotopic (exact) mass is 323 g/mol. The maximum atomic E-state index is 6.24. The number of aromatic nitrogens is 1. The molecule has 0 N–H and O–H groups in total. The van der Waals surface area contributed by atoms with Crippen LogP contribution in [0, 0.1) is 0 Å². The van der Waals surface area contributed by atoms with E-state index >= 15 is 0 Å². The molecule has 0 atom stereocenters. The Morgan fingerprint density at radius 2 is 1.83 bits per heavy atom. The second kappa shape index (κ2) is 8.00. The van der Waals surface area contributed by atoms with Crippen LogP contribution in [0.4, 0.5) is 0 Å². The second-order valence-corrected chi connectivity index (χ2v) is 6.15. The van der Waals surface area contributed by atoms with E-state index in [-0.39, 0.29) is 0 Å². The summed E-state index contributed by atoms with van der Waals surface area (Å²) < 4.78 is 11.7. The summed E-state index contributed by atoms with van der Waals surface area (Å²) in [6.07, 6.45) is 12.0. The Labute approximate surface area is 144 Å². The van der Waals surface area contributed by atoms with Crippen molar-refractivity contribution in [2.45, 2.75) is 45.1 Å². The van der Waals surface area contributed by atoms with Crippen molar-refractivity contribution >= 4 is 5.57 Å². The minimum Gasteiger partial charge on any atom is -0.493 e. The summed E-state index contributed by atoms with van der Waals surface area (Å²) in [5, 5.41) is 0. The van der Waals surface area contributed by atoms with E-state index in [0.717, 1.165) is 36.3 Å². The highest BCUT2D eigenvalue weighted by Gasteiger charge is 2.19. The molecule has 3 heteroatoms. The van der Waals surface area contributed by atoms with Crippen LogP contribution in [0.25, 0.3) is 5.57 Å². The van der Waals surface area contributed by atoms with Crippen LogP contribution in [-0.4, -0.2) is 18.2 Å². The lowest BCUT2D eigenvalue weighted by Crippen LogP contribution is -2.11. The number of hydrogen-bond acceptors (Lipinski definition) is 3. The van der Waals surface area contributed by atoms with Crippen molar-refractivity contribution < 1.29 is 9.47 Å². The summed E-state index contributed by atoms with van der Waals surface area (Å²) in [4.78, 5) is 4.12. The van der Waals surface area contributed by atoms with Gasteiger partial charge >= 0.3 is 0 Å². The SMILES string of the molecule is CCC=C(c1ccncc1)c1ccc(OC)c(OC2CCCC2)c1. The van der Waals surface area contributed by atoms with Crippen LogP contribution in [0.1, 0.15) is 50.2 Å². The molecule has 0 bridgehead atoms. The van der Waals surface area contributed by atoms with Crippen molar-refractivity contribution in [2.24, 2.45) is 0 Å². The van der Waals surface area contributed by atoms with Crippen LogP contribution < -0.4 is 9.47 Å². The first-order valence-corrected chi connectivity index (χ1v) is 8.77. The summed E-state index contributed by atoms with van der Waals surface area (Å²) in [6, 6.07) is 10.3. The predicted octanol–water partition coefficient (Wildman–Crippen LogP) is 5.25. The van der Waals surface area contributed by atoms with Gasteiger partial charge in [-0.1, -0.05) is 19.1 Å². The zero-order valence-corrected chi connectivity index (χ0v) is 14.5. The zero-order valence-electron chi connectivity index (χ0n) is 14.5. The Balaban J connectivity index is 1.95. The van der Waals surface area contributed by atoms with Gasteiger partial charge in [-0.3, -0.25) is 4.98 Å². The Kier molecular flexibility index (Phi) is 5.52. The molecular formula is C21H25NO2. The van der Waals surface area contributed by atoms with Gasteiger partial charge < -0.3 is 9.47 Å². The lowest BCUT2D eigenvalue weighted by Gasteiger charge is -2.18. The van der Waals surface area contributed by atoms with Crippen molar-refractivity contribution in [3.05, 3.63) is 59.9 Å². The van der Waals surface area contributed by atoms with E-state index in [9.17, 15) is 0 Å². The first kappa shape index (κ1) is 16.6. The van der Waals surface area contributed by atoms with Crippen molar-refractivity contribution in [1.82, 2.24) is 4.98 Å². The third-order valence-electron chi connectivity index (χ3n) is 4.47. The summed E-state index contributed by atoms with van der Waals surface area (Å²) in [7, 11) is 1.70. The highest BCUT2D eigenvalue weighted by atomic mass is 16.5. The Morgan fingerprint density at radius 3 is 2.50 bits per heavy atom. The van der Waals surface area contributed by atoms with Crippen molar-refractivity contribution in [1.29, 1.82) is 0 Å². The highest BCUT2D eigenvalue weighted by Crippen LogP contribution is 2.35. The molecule has 0 spiro atoms. The molecule has 24 heavy (non-hydrogen) atoms. The topological polar surface area (TPSA) is 31.4 Å². The molecule has 1 heterocycles. The van der Waals surface area contributed by atoms with Crippen LogP contribution in [0.2, 0.25) is 0 Å². The predicted molar refractivity (Wildman–Crippen MR) is 97.5 cm³/mol. The maximum absolute atomic E-state index is 6.24. The number of benzene rings is 1. The Hall–Kier alpha value is -2.29. The molecule has 3 rings (SSSR count). The molecule has 2 aromatic rings. The van der Waals surface area contributed by atoms with Crippen molar-refractivity contribution in [3.63, 3.8) is 0 Å². The molecule has 3 nitrogen and oxygen atoms in total.